The SMILES string of the molecule is CN=C(NCC(C)Oc1ccccc1C)NCC(CO)c1ccccc1.I. The van der Waals surface area contributed by atoms with Crippen LogP contribution >= 0.6 is 24.0 Å². The third-order valence-corrected chi connectivity index (χ3v) is 4.21. The van der Waals surface area contributed by atoms with Gasteiger partial charge in [-0.15, -0.1) is 24.0 Å². The maximum atomic E-state index is 9.65. The van der Waals surface area contributed by atoms with Crippen LogP contribution < -0.4 is 15.4 Å². The van der Waals surface area contributed by atoms with Crippen molar-refractivity contribution in [2.75, 3.05) is 26.7 Å². The molecule has 0 bridgehead atoms. The summed E-state index contributed by atoms with van der Waals surface area (Å²) in [7, 11) is 1.73. The number of aliphatic hydroxyl groups is 1. The first-order valence-corrected chi connectivity index (χ1v) is 8.96. The van der Waals surface area contributed by atoms with Crippen molar-refractivity contribution in [3.8, 4) is 5.75 Å². The van der Waals surface area contributed by atoms with Crippen LogP contribution in [-0.4, -0.2) is 43.9 Å². The number of nitrogens with one attached hydrogen (secondary N) is 2. The summed E-state index contributed by atoms with van der Waals surface area (Å²) in [5.41, 5.74) is 2.23. The van der Waals surface area contributed by atoms with Gasteiger partial charge in [-0.1, -0.05) is 48.5 Å². The first-order chi connectivity index (χ1) is 12.6. The molecule has 6 heteroatoms. The second-order valence-corrected chi connectivity index (χ2v) is 6.32. The molecule has 2 rings (SSSR count). The first-order valence-electron chi connectivity index (χ1n) is 8.96. The molecule has 0 spiro atoms. The van der Waals surface area contributed by atoms with E-state index in [1.165, 1.54) is 0 Å². The molecule has 0 fully saturated rings. The Morgan fingerprint density at radius 2 is 1.67 bits per heavy atom. The molecule has 0 aliphatic heterocycles. The fraction of sp³-hybridized carbons (Fsp3) is 0.381. The van der Waals surface area contributed by atoms with Gasteiger partial charge >= 0.3 is 0 Å². The molecule has 0 aromatic heterocycles. The molecule has 5 nitrogen and oxygen atoms in total. The molecular formula is C21H30IN3O2. The summed E-state index contributed by atoms with van der Waals surface area (Å²) >= 11 is 0. The second-order valence-electron chi connectivity index (χ2n) is 6.32. The molecule has 2 aromatic rings. The highest BCUT2D eigenvalue weighted by Crippen LogP contribution is 2.17. The Kier molecular flexibility index (Phi) is 10.8. The van der Waals surface area contributed by atoms with Crippen molar-refractivity contribution in [2.45, 2.75) is 25.9 Å². The van der Waals surface area contributed by atoms with Gasteiger partial charge < -0.3 is 20.5 Å². The zero-order chi connectivity index (χ0) is 18.8. The van der Waals surface area contributed by atoms with Crippen LogP contribution in [0.2, 0.25) is 0 Å². The van der Waals surface area contributed by atoms with Gasteiger partial charge in [-0.05, 0) is 31.0 Å². The van der Waals surface area contributed by atoms with E-state index >= 15 is 0 Å². The average molecular weight is 483 g/mol. The number of para-hydroxylation sites is 1. The van der Waals surface area contributed by atoms with Crippen molar-refractivity contribution >= 4 is 29.9 Å². The summed E-state index contributed by atoms with van der Waals surface area (Å²) in [5.74, 6) is 1.61. The molecule has 0 heterocycles. The molecule has 0 saturated heterocycles. The van der Waals surface area contributed by atoms with Crippen LogP contribution in [-0.2, 0) is 0 Å². The number of halogens is 1. The summed E-state index contributed by atoms with van der Waals surface area (Å²) in [6.07, 6.45) is -0.00240. The van der Waals surface area contributed by atoms with Crippen LogP contribution in [0.1, 0.15) is 24.0 Å². The van der Waals surface area contributed by atoms with E-state index < -0.39 is 0 Å². The van der Waals surface area contributed by atoms with Gasteiger partial charge in [0.1, 0.15) is 11.9 Å². The quantitative estimate of drug-likeness (QED) is 0.306. The number of hydrogen-bond acceptors (Lipinski definition) is 3. The Morgan fingerprint density at radius 1 is 1.04 bits per heavy atom. The summed E-state index contributed by atoms with van der Waals surface area (Å²) < 4.78 is 5.97. The predicted molar refractivity (Wildman–Crippen MR) is 122 cm³/mol. The van der Waals surface area contributed by atoms with Crippen molar-refractivity contribution in [2.24, 2.45) is 4.99 Å². The monoisotopic (exact) mass is 483 g/mol. The number of ether oxygens (including phenoxy) is 1. The molecule has 0 saturated carbocycles. The van der Waals surface area contributed by atoms with Crippen molar-refractivity contribution in [1.82, 2.24) is 10.6 Å². The minimum Gasteiger partial charge on any atom is -0.489 e. The molecule has 2 unspecified atom stereocenters. The second kappa shape index (κ2) is 12.6. The van der Waals surface area contributed by atoms with Gasteiger partial charge in [0, 0.05) is 19.5 Å². The third kappa shape index (κ3) is 7.76. The highest BCUT2D eigenvalue weighted by atomic mass is 127. The molecule has 2 aromatic carbocycles. The number of nitrogens with zero attached hydrogens (tertiary/aromatic N) is 1. The fourth-order valence-electron chi connectivity index (χ4n) is 2.64. The van der Waals surface area contributed by atoms with Gasteiger partial charge in [-0.3, -0.25) is 4.99 Å². The Bertz CT molecular complexity index is 695. The van der Waals surface area contributed by atoms with Crippen LogP contribution in [0.15, 0.2) is 59.6 Å². The molecule has 3 N–H and O–H groups in total. The van der Waals surface area contributed by atoms with Crippen LogP contribution in [0.5, 0.6) is 5.75 Å². The summed E-state index contributed by atoms with van der Waals surface area (Å²) in [4.78, 5) is 4.24. The van der Waals surface area contributed by atoms with Crippen molar-refractivity contribution in [1.29, 1.82) is 0 Å². The predicted octanol–water partition coefficient (Wildman–Crippen LogP) is 3.32. The van der Waals surface area contributed by atoms with E-state index in [9.17, 15) is 5.11 Å². The highest BCUT2D eigenvalue weighted by molar-refractivity contribution is 14.0. The number of guanidine groups is 1. The zero-order valence-electron chi connectivity index (χ0n) is 16.2. The number of aryl methyl sites for hydroxylation is 1. The molecule has 27 heavy (non-hydrogen) atoms. The van der Waals surface area contributed by atoms with Crippen LogP contribution in [0.25, 0.3) is 0 Å². The maximum Gasteiger partial charge on any atom is 0.191 e. The lowest BCUT2D eigenvalue weighted by Crippen LogP contribution is -2.43. The summed E-state index contributed by atoms with van der Waals surface area (Å²) in [6, 6.07) is 18.0. The standard InChI is InChI=1S/C21H29N3O2.HI/c1-16-9-7-8-12-20(16)26-17(2)13-23-21(22-3)24-14-19(15-25)18-10-5-4-6-11-18;/h4-12,17,19,25H,13-15H2,1-3H3,(H2,22,23,24);1H. The van der Waals surface area contributed by atoms with Gasteiger partial charge in [-0.25, -0.2) is 0 Å². The van der Waals surface area contributed by atoms with Crippen molar-refractivity contribution in [3.63, 3.8) is 0 Å². The first kappa shape index (κ1) is 23.2. The lowest BCUT2D eigenvalue weighted by Gasteiger charge is -2.20. The Balaban J connectivity index is 0.00000364. The van der Waals surface area contributed by atoms with E-state index in [4.69, 9.17) is 4.74 Å². The lowest BCUT2D eigenvalue weighted by atomic mass is 10.0. The summed E-state index contributed by atoms with van der Waals surface area (Å²) in [6.45, 7) is 5.37. The Labute approximate surface area is 179 Å². The van der Waals surface area contributed by atoms with Gasteiger partial charge in [0.05, 0.1) is 13.2 Å². The van der Waals surface area contributed by atoms with E-state index in [2.05, 4.69) is 15.6 Å². The van der Waals surface area contributed by atoms with E-state index in [0.29, 0.717) is 19.0 Å². The smallest absolute Gasteiger partial charge is 0.191 e. The molecule has 0 aliphatic carbocycles. The fourth-order valence-corrected chi connectivity index (χ4v) is 2.64. The van der Waals surface area contributed by atoms with Crippen LogP contribution in [0, 0.1) is 6.92 Å². The molecule has 0 amide bonds. The molecule has 148 valence electrons. The number of aliphatic hydroxyl groups excluding tert-OH is 1. The minimum absolute atomic E-state index is 0. The highest BCUT2D eigenvalue weighted by Gasteiger charge is 2.12. The minimum atomic E-state index is -0.00240. The lowest BCUT2D eigenvalue weighted by molar-refractivity contribution is 0.222. The van der Waals surface area contributed by atoms with E-state index in [1.807, 2.05) is 68.4 Å². The molecule has 2 atom stereocenters. The van der Waals surface area contributed by atoms with Crippen molar-refractivity contribution < 1.29 is 9.84 Å². The van der Waals surface area contributed by atoms with Crippen molar-refractivity contribution in [3.05, 3.63) is 65.7 Å². The normalized spacial score (nSPS) is 13.3. The molecule has 0 aliphatic rings. The van der Waals surface area contributed by atoms with Gasteiger partial charge in [0.25, 0.3) is 0 Å². The number of hydrogen-bond donors (Lipinski definition) is 3. The molecular weight excluding hydrogens is 453 g/mol. The van der Waals surface area contributed by atoms with Crippen LogP contribution in [0.4, 0.5) is 0 Å². The van der Waals surface area contributed by atoms with E-state index in [1.54, 1.807) is 7.05 Å². The zero-order valence-corrected chi connectivity index (χ0v) is 18.5. The Hall–Kier alpha value is -1.80. The number of rotatable bonds is 8. The van der Waals surface area contributed by atoms with Gasteiger partial charge in [0.15, 0.2) is 5.96 Å². The molecule has 0 radical (unpaired) electrons. The maximum absolute atomic E-state index is 9.65. The third-order valence-electron chi connectivity index (χ3n) is 4.21. The van der Waals surface area contributed by atoms with Gasteiger partial charge in [0.2, 0.25) is 0 Å². The Morgan fingerprint density at radius 3 is 2.30 bits per heavy atom. The number of benzene rings is 2. The van der Waals surface area contributed by atoms with Gasteiger partial charge in [-0.2, -0.15) is 0 Å². The van der Waals surface area contributed by atoms with E-state index in [-0.39, 0.29) is 42.6 Å². The topological polar surface area (TPSA) is 65.9 Å². The summed E-state index contributed by atoms with van der Waals surface area (Å²) in [5, 5.41) is 16.2. The van der Waals surface area contributed by atoms with Crippen LogP contribution in [0.3, 0.4) is 0 Å². The average Bonchev–Trinajstić information content (AvgIpc) is 2.67. The van der Waals surface area contributed by atoms with E-state index in [0.717, 1.165) is 16.9 Å². The largest absolute Gasteiger partial charge is 0.489 e. The number of aliphatic imine (C=N–C) groups is 1.